The van der Waals surface area contributed by atoms with Gasteiger partial charge in [0, 0.05) is 23.2 Å². The number of nitrogens with one attached hydrogen (secondary N) is 1. The minimum Gasteiger partial charge on any atom is -0.497 e. The predicted octanol–water partition coefficient (Wildman–Crippen LogP) is 5.93. The van der Waals surface area contributed by atoms with Crippen molar-refractivity contribution in [3.8, 4) is 17.1 Å². The number of aromatic nitrogens is 1. The van der Waals surface area contributed by atoms with E-state index < -0.39 is 0 Å². The van der Waals surface area contributed by atoms with Crippen LogP contribution in [-0.4, -0.2) is 24.7 Å². The van der Waals surface area contributed by atoms with E-state index in [-0.39, 0.29) is 11.6 Å². The quantitative estimate of drug-likeness (QED) is 0.487. The molecule has 0 aliphatic heterocycles. The molecule has 156 valence electrons. The number of benzene rings is 2. The SMILES string of the molecule is CC/C=C(/CCNC(=O)c1cc(-c2ccc(OC)cc2)on1)c1cc(Cl)ccc1C. The first-order chi connectivity index (χ1) is 14.5. The molecule has 0 atom stereocenters. The van der Waals surface area contributed by atoms with Gasteiger partial charge in [-0.3, -0.25) is 4.79 Å². The predicted molar refractivity (Wildman–Crippen MR) is 120 cm³/mol. The van der Waals surface area contributed by atoms with E-state index in [2.05, 4.69) is 30.4 Å². The first-order valence-corrected chi connectivity index (χ1v) is 10.2. The lowest BCUT2D eigenvalue weighted by molar-refractivity contribution is 0.0945. The molecular formula is C24H25ClN2O3. The third-order valence-electron chi connectivity index (χ3n) is 4.79. The number of hydrogen-bond donors (Lipinski definition) is 1. The van der Waals surface area contributed by atoms with Crippen LogP contribution in [0.4, 0.5) is 0 Å². The molecule has 0 unspecified atom stereocenters. The number of carbonyl (C=O) groups excluding carboxylic acids is 1. The summed E-state index contributed by atoms with van der Waals surface area (Å²) in [7, 11) is 1.61. The highest BCUT2D eigenvalue weighted by atomic mass is 35.5. The third kappa shape index (κ3) is 5.30. The summed E-state index contributed by atoms with van der Waals surface area (Å²) in [6.45, 7) is 4.64. The Labute approximate surface area is 181 Å². The van der Waals surface area contributed by atoms with E-state index in [1.807, 2.05) is 42.5 Å². The van der Waals surface area contributed by atoms with Crippen LogP contribution in [0.2, 0.25) is 5.02 Å². The standard InChI is InChI=1S/C24H25ClN2O3/c1-4-5-17(21-14-19(25)9-6-16(21)2)12-13-26-24(28)22-15-23(30-27-22)18-7-10-20(29-3)11-8-18/h5-11,14-15H,4,12-13H2,1-3H3,(H,26,28)/b17-5-. The lowest BCUT2D eigenvalue weighted by Crippen LogP contribution is -2.24. The smallest absolute Gasteiger partial charge is 0.273 e. The van der Waals surface area contributed by atoms with Crippen molar-refractivity contribution in [1.82, 2.24) is 10.5 Å². The highest BCUT2D eigenvalue weighted by Crippen LogP contribution is 2.26. The van der Waals surface area contributed by atoms with Gasteiger partial charge < -0.3 is 14.6 Å². The monoisotopic (exact) mass is 424 g/mol. The van der Waals surface area contributed by atoms with Crippen molar-refractivity contribution in [2.45, 2.75) is 26.7 Å². The van der Waals surface area contributed by atoms with Crippen LogP contribution in [0.3, 0.4) is 0 Å². The van der Waals surface area contributed by atoms with Crippen LogP contribution < -0.4 is 10.1 Å². The molecule has 5 nitrogen and oxygen atoms in total. The van der Waals surface area contributed by atoms with E-state index in [9.17, 15) is 4.79 Å². The van der Waals surface area contributed by atoms with E-state index in [4.69, 9.17) is 20.9 Å². The molecule has 6 heteroatoms. The summed E-state index contributed by atoms with van der Waals surface area (Å²) in [6, 6.07) is 14.9. The Balaban J connectivity index is 1.63. The average molecular weight is 425 g/mol. The lowest BCUT2D eigenvalue weighted by atomic mass is 9.97. The van der Waals surface area contributed by atoms with Gasteiger partial charge in [-0.25, -0.2) is 0 Å². The number of hydrogen-bond acceptors (Lipinski definition) is 4. The molecule has 0 aliphatic carbocycles. The number of carbonyl (C=O) groups is 1. The number of rotatable bonds is 8. The Hall–Kier alpha value is -3.05. The van der Waals surface area contributed by atoms with E-state index in [0.717, 1.165) is 34.4 Å². The molecule has 1 heterocycles. The molecular weight excluding hydrogens is 400 g/mol. The number of halogens is 1. The molecule has 3 aromatic rings. The maximum atomic E-state index is 12.5. The second kappa shape index (κ2) is 10.1. The minimum atomic E-state index is -0.267. The number of amides is 1. The normalized spacial score (nSPS) is 11.4. The Bertz CT molecular complexity index is 1040. The number of methoxy groups -OCH3 is 1. The lowest BCUT2D eigenvalue weighted by Gasteiger charge is -2.12. The fourth-order valence-electron chi connectivity index (χ4n) is 3.21. The van der Waals surface area contributed by atoms with Crippen LogP contribution in [0, 0.1) is 6.92 Å². The molecule has 30 heavy (non-hydrogen) atoms. The fraction of sp³-hybridized carbons (Fsp3) is 0.250. The Morgan fingerprint density at radius 2 is 1.97 bits per heavy atom. The van der Waals surface area contributed by atoms with Crippen LogP contribution in [0.5, 0.6) is 5.75 Å². The summed E-state index contributed by atoms with van der Waals surface area (Å²) >= 11 is 6.17. The van der Waals surface area contributed by atoms with Crippen LogP contribution in [0.1, 0.15) is 41.4 Å². The Morgan fingerprint density at radius 3 is 2.67 bits per heavy atom. The van der Waals surface area contributed by atoms with Crippen LogP contribution >= 0.6 is 11.6 Å². The summed E-state index contributed by atoms with van der Waals surface area (Å²) < 4.78 is 10.5. The van der Waals surface area contributed by atoms with Crippen molar-refractivity contribution in [1.29, 1.82) is 0 Å². The summed E-state index contributed by atoms with van der Waals surface area (Å²) in [5.74, 6) is 1.02. The van der Waals surface area contributed by atoms with Gasteiger partial charge >= 0.3 is 0 Å². The number of aryl methyl sites for hydroxylation is 1. The van der Waals surface area contributed by atoms with Gasteiger partial charge in [0.15, 0.2) is 11.5 Å². The summed E-state index contributed by atoms with van der Waals surface area (Å²) in [5, 5.41) is 7.53. The van der Waals surface area contributed by atoms with Gasteiger partial charge in [0.05, 0.1) is 7.11 Å². The number of ether oxygens (including phenoxy) is 1. The van der Waals surface area contributed by atoms with Gasteiger partial charge in [-0.1, -0.05) is 35.8 Å². The third-order valence-corrected chi connectivity index (χ3v) is 5.03. The van der Waals surface area contributed by atoms with E-state index >= 15 is 0 Å². The van der Waals surface area contributed by atoms with Crippen molar-refractivity contribution < 1.29 is 14.1 Å². The Morgan fingerprint density at radius 1 is 1.20 bits per heavy atom. The molecule has 0 radical (unpaired) electrons. The molecule has 1 amide bonds. The molecule has 2 aromatic carbocycles. The van der Waals surface area contributed by atoms with Crippen LogP contribution in [0.25, 0.3) is 16.9 Å². The maximum absolute atomic E-state index is 12.5. The molecule has 0 aliphatic rings. The first-order valence-electron chi connectivity index (χ1n) is 9.86. The molecule has 0 saturated heterocycles. The molecule has 0 spiro atoms. The zero-order valence-corrected chi connectivity index (χ0v) is 18.1. The minimum absolute atomic E-state index is 0.251. The van der Waals surface area contributed by atoms with Gasteiger partial charge in [0.2, 0.25) is 0 Å². The van der Waals surface area contributed by atoms with Crippen molar-refractivity contribution in [2.24, 2.45) is 0 Å². The van der Waals surface area contributed by atoms with Crippen molar-refractivity contribution in [3.05, 3.63) is 76.5 Å². The molecule has 0 saturated carbocycles. The van der Waals surface area contributed by atoms with Crippen molar-refractivity contribution >= 4 is 23.1 Å². The van der Waals surface area contributed by atoms with Gasteiger partial charge in [-0.15, -0.1) is 0 Å². The highest BCUT2D eigenvalue weighted by Gasteiger charge is 2.14. The van der Waals surface area contributed by atoms with E-state index in [1.54, 1.807) is 13.2 Å². The van der Waals surface area contributed by atoms with Crippen LogP contribution in [-0.2, 0) is 0 Å². The fourth-order valence-corrected chi connectivity index (χ4v) is 3.38. The molecule has 0 fully saturated rings. The van der Waals surface area contributed by atoms with Crippen molar-refractivity contribution in [2.75, 3.05) is 13.7 Å². The summed E-state index contributed by atoms with van der Waals surface area (Å²) in [5.41, 5.74) is 4.51. The van der Waals surface area contributed by atoms with Gasteiger partial charge in [-0.2, -0.15) is 0 Å². The summed E-state index contributed by atoms with van der Waals surface area (Å²) in [4.78, 5) is 12.5. The zero-order valence-electron chi connectivity index (χ0n) is 17.4. The molecule has 0 bridgehead atoms. The maximum Gasteiger partial charge on any atom is 0.273 e. The summed E-state index contributed by atoms with van der Waals surface area (Å²) in [6.07, 6.45) is 3.77. The topological polar surface area (TPSA) is 64.4 Å². The Kier molecular flexibility index (Phi) is 7.31. The average Bonchev–Trinajstić information content (AvgIpc) is 3.25. The van der Waals surface area contributed by atoms with E-state index in [1.165, 1.54) is 0 Å². The molecule has 1 N–H and O–H groups in total. The van der Waals surface area contributed by atoms with Gasteiger partial charge in [0.25, 0.3) is 5.91 Å². The second-order valence-corrected chi connectivity index (χ2v) is 7.34. The van der Waals surface area contributed by atoms with Gasteiger partial charge in [-0.05, 0) is 72.9 Å². The molecule has 1 aromatic heterocycles. The van der Waals surface area contributed by atoms with Gasteiger partial charge in [0.1, 0.15) is 5.75 Å². The molecule has 3 rings (SSSR count). The first kappa shape index (κ1) is 21.7. The largest absolute Gasteiger partial charge is 0.497 e. The van der Waals surface area contributed by atoms with Crippen molar-refractivity contribution in [3.63, 3.8) is 0 Å². The number of allylic oxidation sites excluding steroid dienone is 1. The highest BCUT2D eigenvalue weighted by molar-refractivity contribution is 6.30. The van der Waals surface area contributed by atoms with Crippen LogP contribution in [0.15, 0.2) is 59.1 Å². The van der Waals surface area contributed by atoms with E-state index in [0.29, 0.717) is 23.7 Å². The number of nitrogens with zero attached hydrogens (tertiary/aromatic N) is 1. The zero-order chi connectivity index (χ0) is 21.5. The second-order valence-electron chi connectivity index (χ2n) is 6.91.